The zero-order chi connectivity index (χ0) is 13.4. The van der Waals surface area contributed by atoms with Gasteiger partial charge in [-0.3, -0.25) is 4.90 Å². The normalized spacial score (nSPS) is 20.3. The first-order valence-corrected chi connectivity index (χ1v) is 8.95. The number of hydrogen-bond donors (Lipinski definition) is 2. The van der Waals surface area contributed by atoms with Crippen molar-refractivity contribution >= 4 is 70.0 Å². The highest BCUT2D eigenvalue weighted by Crippen LogP contribution is 2.48. The van der Waals surface area contributed by atoms with E-state index in [0.29, 0.717) is 11.8 Å². The monoisotopic (exact) mass is 556 g/mol. The number of halogens is 4. The zero-order valence-electron chi connectivity index (χ0n) is 11.5. The van der Waals surface area contributed by atoms with Crippen molar-refractivity contribution < 1.29 is 5.11 Å². The average Bonchev–Trinajstić information content (AvgIpc) is 3.21. The molecule has 1 aromatic rings. The highest BCUT2D eigenvalue weighted by atomic mass is 127. The lowest BCUT2D eigenvalue weighted by atomic mass is 9.99. The summed E-state index contributed by atoms with van der Waals surface area (Å²) in [6.07, 6.45) is 2.60. The quantitative estimate of drug-likeness (QED) is 0.556. The summed E-state index contributed by atoms with van der Waals surface area (Å²) in [6, 6.07) is 4.62. The number of benzene rings is 1. The van der Waals surface area contributed by atoms with Gasteiger partial charge in [-0.25, -0.2) is 0 Å². The van der Waals surface area contributed by atoms with E-state index in [-0.39, 0.29) is 24.8 Å². The van der Waals surface area contributed by atoms with E-state index in [9.17, 15) is 5.11 Å². The Hall–Kier alpha value is 0.980. The number of rotatable bonds is 3. The van der Waals surface area contributed by atoms with Gasteiger partial charge in [0.15, 0.2) is 0 Å². The van der Waals surface area contributed by atoms with Gasteiger partial charge in [0.25, 0.3) is 0 Å². The predicted molar refractivity (Wildman–Crippen MR) is 108 cm³/mol. The molecular formula is C14H20Cl2I2N2O. The molecule has 1 aromatic carbocycles. The van der Waals surface area contributed by atoms with Crippen LogP contribution < -0.4 is 5.32 Å². The van der Waals surface area contributed by atoms with E-state index in [1.54, 1.807) is 0 Å². The Morgan fingerprint density at radius 1 is 1.14 bits per heavy atom. The molecule has 1 heterocycles. The second-order valence-corrected chi connectivity index (χ2v) is 7.80. The molecule has 2 aliphatic rings. The van der Waals surface area contributed by atoms with Crippen LogP contribution in [-0.4, -0.2) is 36.2 Å². The topological polar surface area (TPSA) is 35.5 Å². The second kappa shape index (κ2) is 8.73. The van der Waals surface area contributed by atoms with Gasteiger partial charge >= 0.3 is 0 Å². The molecule has 21 heavy (non-hydrogen) atoms. The fourth-order valence-electron chi connectivity index (χ4n) is 2.93. The minimum absolute atomic E-state index is 0. The minimum atomic E-state index is 0. The van der Waals surface area contributed by atoms with Crippen molar-refractivity contribution in [1.82, 2.24) is 10.2 Å². The number of nitrogens with zero attached hydrogens (tertiary/aromatic N) is 1. The van der Waals surface area contributed by atoms with E-state index in [4.69, 9.17) is 0 Å². The number of hydrogen-bond acceptors (Lipinski definition) is 3. The highest BCUT2D eigenvalue weighted by molar-refractivity contribution is 14.1. The smallest absolute Gasteiger partial charge is 0.133 e. The van der Waals surface area contributed by atoms with E-state index in [1.807, 2.05) is 6.07 Å². The van der Waals surface area contributed by atoms with Gasteiger partial charge in [-0.1, -0.05) is 0 Å². The first kappa shape index (κ1) is 20.0. The van der Waals surface area contributed by atoms with Crippen molar-refractivity contribution in [3.05, 3.63) is 24.8 Å². The summed E-state index contributed by atoms with van der Waals surface area (Å²) in [4.78, 5) is 2.55. The lowest BCUT2D eigenvalue weighted by Gasteiger charge is -2.36. The molecule has 0 spiro atoms. The van der Waals surface area contributed by atoms with Crippen LogP contribution in [0.4, 0.5) is 0 Å². The van der Waals surface area contributed by atoms with E-state index >= 15 is 0 Å². The lowest BCUT2D eigenvalue weighted by molar-refractivity contribution is 0.153. The van der Waals surface area contributed by atoms with Gasteiger partial charge < -0.3 is 10.4 Å². The standard InChI is InChI=1S/C14H18I2N2O.2ClH/c15-10-7-11(14(19)12(16)8-10)13(9-1-2-9)18-5-3-17-4-6-18;;/h7-9,13,17,19H,1-6H2;2*1H/t13-;;/m1../s1. The van der Waals surface area contributed by atoms with Gasteiger partial charge in [-0.05, 0) is 76.1 Å². The number of piperazine rings is 1. The molecule has 0 unspecified atom stereocenters. The van der Waals surface area contributed by atoms with Crippen LogP contribution in [0.1, 0.15) is 24.4 Å². The maximum absolute atomic E-state index is 10.4. The molecule has 1 atom stereocenters. The molecule has 1 aliphatic carbocycles. The van der Waals surface area contributed by atoms with Gasteiger partial charge in [-0.15, -0.1) is 24.8 Å². The Morgan fingerprint density at radius 2 is 1.76 bits per heavy atom. The summed E-state index contributed by atoms with van der Waals surface area (Å²) in [5, 5.41) is 13.9. The molecule has 1 saturated carbocycles. The summed E-state index contributed by atoms with van der Waals surface area (Å²) >= 11 is 4.59. The van der Waals surface area contributed by atoms with E-state index < -0.39 is 0 Å². The van der Waals surface area contributed by atoms with Gasteiger partial charge in [0.2, 0.25) is 0 Å². The Labute approximate surface area is 165 Å². The van der Waals surface area contributed by atoms with Crippen LogP contribution in [0.15, 0.2) is 12.1 Å². The summed E-state index contributed by atoms with van der Waals surface area (Å²) in [5.74, 6) is 1.23. The summed E-state index contributed by atoms with van der Waals surface area (Å²) < 4.78 is 2.19. The summed E-state index contributed by atoms with van der Waals surface area (Å²) in [5.41, 5.74) is 1.14. The molecule has 0 aromatic heterocycles. The van der Waals surface area contributed by atoms with Crippen molar-refractivity contribution in [2.75, 3.05) is 26.2 Å². The van der Waals surface area contributed by atoms with Crippen molar-refractivity contribution in [1.29, 1.82) is 0 Å². The molecule has 120 valence electrons. The minimum Gasteiger partial charge on any atom is -0.506 e. The van der Waals surface area contributed by atoms with Crippen molar-refractivity contribution in [3.8, 4) is 5.75 Å². The maximum Gasteiger partial charge on any atom is 0.133 e. The highest BCUT2D eigenvalue weighted by Gasteiger charge is 2.38. The molecule has 0 radical (unpaired) electrons. The Kier molecular flexibility index (Phi) is 8.32. The van der Waals surface area contributed by atoms with E-state index in [2.05, 4.69) is 61.5 Å². The van der Waals surface area contributed by atoms with Gasteiger partial charge in [0.05, 0.1) is 3.57 Å². The Balaban J connectivity index is 0.00000110. The summed E-state index contributed by atoms with van der Waals surface area (Å²) in [6.45, 7) is 4.29. The van der Waals surface area contributed by atoms with Crippen LogP contribution in [0, 0.1) is 13.1 Å². The van der Waals surface area contributed by atoms with Crippen LogP contribution in [-0.2, 0) is 0 Å². The zero-order valence-corrected chi connectivity index (χ0v) is 17.5. The van der Waals surface area contributed by atoms with Crippen molar-refractivity contribution in [2.24, 2.45) is 5.92 Å². The van der Waals surface area contributed by atoms with Crippen LogP contribution in [0.2, 0.25) is 0 Å². The number of aromatic hydroxyl groups is 1. The molecule has 0 amide bonds. The van der Waals surface area contributed by atoms with Gasteiger partial charge in [-0.2, -0.15) is 0 Å². The molecule has 3 rings (SSSR count). The van der Waals surface area contributed by atoms with Crippen molar-refractivity contribution in [2.45, 2.75) is 18.9 Å². The average molecular weight is 557 g/mol. The summed E-state index contributed by atoms with van der Waals surface area (Å²) in [7, 11) is 0. The molecule has 0 bridgehead atoms. The van der Waals surface area contributed by atoms with E-state index in [0.717, 1.165) is 41.2 Å². The number of nitrogens with one attached hydrogen (secondary N) is 1. The maximum atomic E-state index is 10.4. The third-order valence-electron chi connectivity index (χ3n) is 3.99. The second-order valence-electron chi connectivity index (χ2n) is 5.39. The molecule has 7 heteroatoms. The molecular weight excluding hydrogens is 537 g/mol. The van der Waals surface area contributed by atoms with Gasteiger partial charge in [0, 0.05) is 41.4 Å². The number of phenolic OH excluding ortho intramolecular Hbond substituents is 1. The Bertz CT molecular complexity index is 480. The molecule has 1 aliphatic heterocycles. The fourth-order valence-corrected chi connectivity index (χ4v) is 4.82. The van der Waals surface area contributed by atoms with Gasteiger partial charge in [0.1, 0.15) is 5.75 Å². The Morgan fingerprint density at radius 3 is 2.33 bits per heavy atom. The van der Waals surface area contributed by atoms with Crippen LogP contribution >= 0.6 is 70.0 Å². The van der Waals surface area contributed by atoms with Crippen LogP contribution in [0.3, 0.4) is 0 Å². The predicted octanol–water partition coefficient (Wildman–Crippen LogP) is 3.80. The fraction of sp³-hybridized carbons (Fsp3) is 0.571. The number of phenols is 1. The van der Waals surface area contributed by atoms with E-state index in [1.165, 1.54) is 16.4 Å². The molecule has 2 N–H and O–H groups in total. The molecule has 1 saturated heterocycles. The van der Waals surface area contributed by atoms with Crippen LogP contribution in [0.25, 0.3) is 0 Å². The molecule has 2 fully saturated rings. The first-order valence-electron chi connectivity index (χ1n) is 6.79. The first-order chi connectivity index (χ1) is 9.16. The van der Waals surface area contributed by atoms with Crippen molar-refractivity contribution in [3.63, 3.8) is 0 Å². The third-order valence-corrected chi connectivity index (χ3v) is 5.43. The SMILES string of the molecule is Cl.Cl.Oc1c(I)cc(I)cc1[C@@H](C1CC1)N1CCNCC1. The lowest BCUT2D eigenvalue weighted by Crippen LogP contribution is -2.45. The van der Waals surface area contributed by atoms with Crippen LogP contribution in [0.5, 0.6) is 5.75 Å². The largest absolute Gasteiger partial charge is 0.506 e. The third kappa shape index (κ3) is 4.73. The molecule has 3 nitrogen and oxygen atoms in total.